The van der Waals surface area contributed by atoms with E-state index in [0.29, 0.717) is 6.42 Å². The maximum atomic E-state index is 11.8. The van der Waals surface area contributed by atoms with E-state index in [-0.39, 0.29) is 5.69 Å². The Labute approximate surface area is 154 Å². The molecule has 6 heteroatoms. The Morgan fingerprint density at radius 1 is 1.15 bits per heavy atom. The molecule has 1 amide bonds. The van der Waals surface area contributed by atoms with Gasteiger partial charge in [0, 0.05) is 29.1 Å². The molecule has 0 spiro atoms. The second kappa shape index (κ2) is 6.65. The standard InChI is InChI=1S/C20H16N4OS/c1-12-4-6-14(7-5-12)17-10-15-16(9-13-3-2-8-22-11-13)23-24-18(20(21)25)19(15)26-17/h2-8,10-11H,9H2,1H3,(H2,21,25). The number of hydrogen-bond donors (Lipinski definition) is 1. The first-order chi connectivity index (χ1) is 12.6. The average Bonchev–Trinajstić information content (AvgIpc) is 3.09. The van der Waals surface area contributed by atoms with Crippen LogP contribution in [0.3, 0.4) is 0 Å². The van der Waals surface area contributed by atoms with Crippen molar-refractivity contribution in [3.05, 3.63) is 77.4 Å². The number of nitrogens with two attached hydrogens (primary N) is 1. The zero-order chi connectivity index (χ0) is 18.1. The monoisotopic (exact) mass is 360 g/mol. The van der Waals surface area contributed by atoms with Gasteiger partial charge in [-0.3, -0.25) is 9.78 Å². The zero-order valence-electron chi connectivity index (χ0n) is 14.1. The second-order valence-electron chi connectivity index (χ2n) is 6.12. The molecule has 1 aromatic carbocycles. The molecule has 0 unspecified atom stereocenters. The van der Waals surface area contributed by atoms with E-state index in [2.05, 4.69) is 52.4 Å². The van der Waals surface area contributed by atoms with Gasteiger partial charge in [-0.25, -0.2) is 0 Å². The molecule has 26 heavy (non-hydrogen) atoms. The highest BCUT2D eigenvalue weighted by molar-refractivity contribution is 7.22. The van der Waals surface area contributed by atoms with Gasteiger partial charge in [0.2, 0.25) is 0 Å². The van der Waals surface area contributed by atoms with E-state index < -0.39 is 5.91 Å². The zero-order valence-corrected chi connectivity index (χ0v) is 15.0. The summed E-state index contributed by atoms with van der Waals surface area (Å²) in [5.74, 6) is -0.562. The molecule has 4 aromatic rings. The molecule has 0 fully saturated rings. The van der Waals surface area contributed by atoms with Crippen molar-refractivity contribution in [1.82, 2.24) is 15.2 Å². The molecule has 0 saturated heterocycles. The summed E-state index contributed by atoms with van der Waals surface area (Å²) in [6, 6.07) is 14.2. The number of carbonyl (C=O) groups is 1. The van der Waals surface area contributed by atoms with E-state index in [1.807, 2.05) is 18.3 Å². The smallest absolute Gasteiger partial charge is 0.270 e. The summed E-state index contributed by atoms with van der Waals surface area (Å²) in [5, 5.41) is 9.28. The van der Waals surface area contributed by atoms with Gasteiger partial charge < -0.3 is 5.73 Å². The number of benzene rings is 1. The summed E-state index contributed by atoms with van der Waals surface area (Å²) < 4.78 is 0.780. The third-order valence-corrected chi connectivity index (χ3v) is 5.38. The van der Waals surface area contributed by atoms with E-state index >= 15 is 0 Å². The van der Waals surface area contributed by atoms with Crippen molar-refractivity contribution >= 4 is 27.3 Å². The molecular weight excluding hydrogens is 344 g/mol. The molecule has 5 nitrogen and oxygen atoms in total. The van der Waals surface area contributed by atoms with Crippen LogP contribution >= 0.6 is 11.3 Å². The van der Waals surface area contributed by atoms with E-state index in [0.717, 1.165) is 31.8 Å². The molecule has 0 atom stereocenters. The molecule has 4 rings (SSSR count). The lowest BCUT2D eigenvalue weighted by Gasteiger charge is -2.03. The van der Waals surface area contributed by atoms with E-state index in [1.165, 1.54) is 16.9 Å². The van der Waals surface area contributed by atoms with Crippen molar-refractivity contribution in [3.63, 3.8) is 0 Å². The van der Waals surface area contributed by atoms with Gasteiger partial charge >= 0.3 is 0 Å². The molecule has 0 aliphatic carbocycles. The van der Waals surface area contributed by atoms with Crippen LogP contribution in [0.5, 0.6) is 0 Å². The summed E-state index contributed by atoms with van der Waals surface area (Å²) in [6.07, 6.45) is 4.14. The lowest BCUT2D eigenvalue weighted by molar-refractivity contribution is 0.0996. The molecule has 128 valence electrons. The maximum Gasteiger partial charge on any atom is 0.270 e. The van der Waals surface area contributed by atoms with Gasteiger partial charge in [-0.05, 0) is 30.2 Å². The summed E-state index contributed by atoms with van der Waals surface area (Å²) in [7, 11) is 0. The van der Waals surface area contributed by atoms with Crippen molar-refractivity contribution in [3.8, 4) is 10.4 Å². The van der Waals surface area contributed by atoms with Crippen molar-refractivity contribution in [2.75, 3.05) is 0 Å². The Kier molecular flexibility index (Phi) is 4.18. The highest BCUT2D eigenvalue weighted by Gasteiger charge is 2.17. The minimum absolute atomic E-state index is 0.221. The van der Waals surface area contributed by atoms with Crippen LogP contribution in [-0.4, -0.2) is 21.1 Å². The minimum Gasteiger partial charge on any atom is -0.364 e. The first kappa shape index (κ1) is 16.4. The summed E-state index contributed by atoms with van der Waals surface area (Å²) >= 11 is 1.52. The van der Waals surface area contributed by atoms with Crippen LogP contribution in [0.25, 0.3) is 20.5 Å². The first-order valence-electron chi connectivity index (χ1n) is 8.16. The minimum atomic E-state index is -0.562. The summed E-state index contributed by atoms with van der Waals surface area (Å²) in [6.45, 7) is 2.06. The number of nitrogens with zero attached hydrogens (tertiary/aromatic N) is 3. The topological polar surface area (TPSA) is 81.8 Å². The Balaban J connectivity index is 1.87. The van der Waals surface area contributed by atoms with E-state index in [4.69, 9.17) is 5.73 Å². The Morgan fingerprint density at radius 3 is 2.65 bits per heavy atom. The van der Waals surface area contributed by atoms with Gasteiger partial charge in [0.1, 0.15) is 0 Å². The normalized spacial score (nSPS) is 11.0. The maximum absolute atomic E-state index is 11.8. The van der Waals surface area contributed by atoms with Gasteiger partial charge in [-0.15, -0.1) is 16.4 Å². The highest BCUT2D eigenvalue weighted by Crippen LogP contribution is 2.36. The number of hydrogen-bond acceptors (Lipinski definition) is 5. The predicted molar refractivity (Wildman–Crippen MR) is 103 cm³/mol. The number of primary amides is 1. The highest BCUT2D eigenvalue weighted by atomic mass is 32.1. The number of aromatic nitrogens is 3. The van der Waals surface area contributed by atoms with Gasteiger partial charge in [0.25, 0.3) is 5.91 Å². The van der Waals surface area contributed by atoms with Crippen LogP contribution in [0.2, 0.25) is 0 Å². The number of carbonyl (C=O) groups excluding carboxylic acids is 1. The quantitative estimate of drug-likeness (QED) is 0.601. The molecule has 2 N–H and O–H groups in total. The average molecular weight is 360 g/mol. The molecule has 3 heterocycles. The number of aryl methyl sites for hydroxylation is 1. The van der Waals surface area contributed by atoms with Gasteiger partial charge in [0.15, 0.2) is 5.69 Å². The molecule has 3 aromatic heterocycles. The summed E-state index contributed by atoms with van der Waals surface area (Å²) in [5.41, 5.74) is 9.88. The van der Waals surface area contributed by atoms with Crippen molar-refractivity contribution in [2.24, 2.45) is 5.73 Å². The lowest BCUT2D eigenvalue weighted by Crippen LogP contribution is -2.14. The third kappa shape index (κ3) is 3.07. The van der Waals surface area contributed by atoms with Crippen LogP contribution in [0.1, 0.15) is 27.3 Å². The fourth-order valence-corrected chi connectivity index (χ4v) is 4.01. The van der Waals surface area contributed by atoms with Gasteiger partial charge in [0.05, 0.1) is 10.4 Å². The fourth-order valence-electron chi connectivity index (χ4n) is 2.84. The number of fused-ring (bicyclic) bond motifs is 1. The Hall–Kier alpha value is -3.12. The number of amides is 1. The fraction of sp³-hybridized carbons (Fsp3) is 0.100. The van der Waals surface area contributed by atoms with Crippen LogP contribution in [-0.2, 0) is 6.42 Å². The molecular formula is C20H16N4OS. The lowest BCUT2D eigenvalue weighted by atomic mass is 10.1. The Morgan fingerprint density at radius 2 is 1.96 bits per heavy atom. The SMILES string of the molecule is Cc1ccc(-c2cc3c(Cc4cccnc4)nnc(C(N)=O)c3s2)cc1. The van der Waals surface area contributed by atoms with Crippen molar-refractivity contribution < 1.29 is 4.79 Å². The molecule has 0 bridgehead atoms. The van der Waals surface area contributed by atoms with Crippen LogP contribution in [0, 0.1) is 6.92 Å². The molecule has 0 radical (unpaired) electrons. The number of rotatable bonds is 4. The van der Waals surface area contributed by atoms with E-state index in [9.17, 15) is 4.79 Å². The third-order valence-electron chi connectivity index (χ3n) is 4.19. The molecule has 0 saturated carbocycles. The number of thiophene rings is 1. The molecule has 0 aliphatic heterocycles. The Bertz CT molecular complexity index is 1090. The number of pyridine rings is 1. The predicted octanol–water partition coefficient (Wildman–Crippen LogP) is 3.75. The van der Waals surface area contributed by atoms with E-state index in [1.54, 1.807) is 6.20 Å². The van der Waals surface area contributed by atoms with Crippen LogP contribution < -0.4 is 5.73 Å². The van der Waals surface area contributed by atoms with Gasteiger partial charge in [-0.1, -0.05) is 35.9 Å². The van der Waals surface area contributed by atoms with Crippen LogP contribution in [0.15, 0.2) is 54.9 Å². The summed E-state index contributed by atoms with van der Waals surface area (Å²) in [4.78, 5) is 17.0. The van der Waals surface area contributed by atoms with Crippen LogP contribution in [0.4, 0.5) is 0 Å². The first-order valence-corrected chi connectivity index (χ1v) is 8.98. The van der Waals surface area contributed by atoms with Gasteiger partial charge in [-0.2, -0.15) is 5.10 Å². The van der Waals surface area contributed by atoms with Crippen molar-refractivity contribution in [1.29, 1.82) is 0 Å². The largest absolute Gasteiger partial charge is 0.364 e. The second-order valence-corrected chi connectivity index (χ2v) is 7.17. The molecule has 0 aliphatic rings. The van der Waals surface area contributed by atoms with Crippen molar-refractivity contribution in [2.45, 2.75) is 13.3 Å².